The molecule has 1 aromatic rings. The minimum atomic E-state index is -0.527. The first kappa shape index (κ1) is 24.8. The van der Waals surface area contributed by atoms with Crippen molar-refractivity contribution < 1.29 is 9.53 Å². The minimum Gasteiger partial charge on any atom is -0.444 e. The molecule has 0 radical (unpaired) electrons. The maximum absolute atomic E-state index is 12.3. The molecular formula is C23H40N6O2. The molecule has 31 heavy (non-hydrogen) atoms. The average molecular weight is 433 g/mol. The second-order valence-corrected chi connectivity index (χ2v) is 9.11. The lowest BCUT2D eigenvalue weighted by atomic mass is 9.93. The monoisotopic (exact) mass is 432 g/mol. The molecule has 0 aromatic carbocycles. The van der Waals surface area contributed by atoms with Crippen LogP contribution in [-0.2, 0) is 11.3 Å². The van der Waals surface area contributed by atoms with Gasteiger partial charge in [-0.3, -0.25) is 4.99 Å². The summed E-state index contributed by atoms with van der Waals surface area (Å²) in [6, 6.07) is 4.16. The summed E-state index contributed by atoms with van der Waals surface area (Å²) < 4.78 is 5.46. The molecular weight excluding hydrogens is 392 g/mol. The van der Waals surface area contributed by atoms with E-state index >= 15 is 0 Å². The van der Waals surface area contributed by atoms with Gasteiger partial charge in [0, 0.05) is 39.4 Å². The van der Waals surface area contributed by atoms with Crippen LogP contribution >= 0.6 is 0 Å². The van der Waals surface area contributed by atoms with Crippen molar-refractivity contribution in [1.82, 2.24) is 20.9 Å². The number of rotatable bonds is 8. The molecule has 2 heterocycles. The van der Waals surface area contributed by atoms with Gasteiger partial charge < -0.3 is 25.6 Å². The second-order valence-electron chi connectivity index (χ2n) is 9.11. The second kappa shape index (κ2) is 11.2. The molecule has 0 unspecified atom stereocenters. The Kier molecular flexibility index (Phi) is 8.95. The molecule has 0 spiro atoms. The van der Waals surface area contributed by atoms with Gasteiger partial charge in [-0.15, -0.1) is 0 Å². The maximum Gasteiger partial charge on any atom is 0.408 e. The predicted molar refractivity (Wildman–Crippen MR) is 127 cm³/mol. The molecule has 0 aliphatic carbocycles. The van der Waals surface area contributed by atoms with E-state index in [0.29, 0.717) is 19.0 Å². The lowest BCUT2D eigenvalue weighted by molar-refractivity contribution is 0.0448. The first-order chi connectivity index (χ1) is 14.7. The fraction of sp³-hybridized carbons (Fsp3) is 0.696. The van der Waals surface area contributed by atoms with Gasteiger partial charge in [-0.25, -0.2) is 9.78 Å². The number of ether oxygens (including phenoxy) is 1. The first-order valence-electron chi connectivity index (χ1n) is 11.4. The smallest absolute Gasteiger partial charge is 0.408 e. The van der Waals surface area contributed by atoms with Crippen molar-refractivity contribution in [3.8, 4) is 0 Å². The Morgan fingerprint density at radius 3 is 2.45 bits per heavy atom. The summed E-state index contributed by atoms with van der Waals surface area (Å²) in [5.74, 6) is 1.73. The van der Waals surface area contributed by atoms with Gasteiger partial charge in [0.2, 0.25) is 0 Å². The molecule has 0 atom stereocenters. The summed E-state index contributed by atoms with van der Waals surface area (Å²) in [5.41, 5.74) is 0.212. The SMILES string of the molecule is CCC(CC)(CNC(=NC)NCc1ccnc(N2CCCC2)c1)NC(=O)OC(C)(C)C. The lowest BCUT2D eigenvalue weighted by Gasteiger charge is -2.34. The van der Waals surface area contributed by atoms with Crippen molar-refractivity contribution in [1.29, 1.82) is 0 Å². The van der Waals surface area contributed by atoms with Crippen LogP contribution in [0.2, 0.25) is 0 Å². The molecule has 1 saturated heterocycles. The summed E-state index contributed by atoms with van der Waals surface area (Å²) in [5, 5.41) is 9.79. The average Bonchev–Trinajstić information content (AvgIpc) is 3.27. The van der Waals surface area contributed by atoms with Gasteiger partial charge in [-0.2, -0.15) is 0 Å². The van der Waals surface area contributed by atoms with Crippen LogP contribution in [0.15, 0.2) is 23.3 Å². The van der Waals surface area contributed by atoms with Crippen molar-refractivity contribution >= 4 is 17.9 Å². The number of hydrogen-bond acceptors (Lipinski definition) is 5. The van der Waals surface area contributed by atoms with Crippen LogP contribution in [0.3, 0.4) is 0 Å². The number of alkyl carbamates (subject to hydrolysis) is 1. The summed E-state index contributed by atoms with van der Waals surface area (Å²) in [6.45, 7) is 13.1. The highest BCUT2D eigenvalue weighted by Gasteiger charge is 2.30. The molecule has 1 amide bonds. The number of carbonyl (C=O) groups excluding carboxylic acids is 1. The highest BCUT2D eigenvalue weighted by molar-refractivity contribution is 5.80. The Labute approximate surface area is 187 Å². The van der Waals surface area contributed by atoms with E-state index in [0.717, 1.165) is 37.3 Å². The van der Waals surface area contributed by atoms with Gasteiger partial charge in [-0.05, 0) is 64.2 Å². The Morgan fingerprint density at radius 2 is 1.87 bits per heavy atom. The van der Waals surface area contributed by atoms with E-state index in [1.807, 2.05) is 33.0 Å². The molecule has 1 aliphatic heterocycles. The number of aromatic nitrogens is 1. The molecule has 0 saturated carbocycles. The minimum absolute atomic E-state index is 0.396. The highest BCUT2D eigenvalue weighted by atomic mass is 16.6. The topological polar surface area (TPSA) is 90.9 Å². The standard InChI is InChI=1S/C23H40N6O2/c1-7-23(8-2,28-21(30)31-22(3,4)5)17-27-20(24-6)26-16-18-11-12-25-19(15-18)29-13-9-10-14-29/h11-12,15H,7-10,13-14,16-17H2,1-6H3,(H,28,30)(H2,24,26,27). The third kappa shape index (κ3) is 7.92. The third-order valence-electron chi connectivity index (χ3n) is 5.64. The normalized spacial score (nSPS) is 15.0. The Morgan fingerprint density at radius 1 is 1.19 bits per heavy atom. The largest absolute Gasteiger partial charge is 0.444 e. The molecule has 2 rings (SSSR count). The zero-order valence-corrected chi connectivity index (χ0v) is 20.0. The molecule has 8 nitrogen and oxygen atoms in total. The van der Waals surface area contributed by atoms with E-state index < -0.39 is 17.2 Å². The molecule has 3 N–H and O–H groups in total. The molecule has 174 valence electrons. The number of nitrogens with one attached hydrogen (secondary N) is 3. The van der Waals surface area contributed by atoms with Crippen LogP contribution in [0.4, 0.5) is 10.6 Å². The van der Waals surface area contributed by atoms with Crippen LogP contribution < -0.4 is 20.9 Å². The van der Waals surface area contributed by atoms with Gasteiger partial charge in [0.15, 0.2) is 5.96 Å². The van der Waals surface area contributed by atoms with Gasteiger partial charge in [0.25, 0.3) is 0 Å². The zero-order chi connectivity index (χ0) is 22.9. The number of nitrogens with zero attached hydrogens (tertiary/aromatic N) is 3. The van der Waals surface area contributed by atoms with Crippen molar-refractivity contribution in [3.63, 3.8) is 0 Å². The summed E-state index contributed by atoms with van der Waals surface area (Å²) in [6.07, 6.45) is 5.48. The number of pyridine rings is 1. The quantitative estimate of drug-likeness (QED) is 0.431. The van der Waals surface area contributed by atoms with E-state index in [4.69, 9.17) is 4.74 Å². The van der Waals surface area contributed by atoms with Gasteiger partial charge in [0.1, 0.15) is 11.4 Å². The Hall–Kier alpha value is -2.51. The number of aliphatic imine (C=N–C) groups is 1. The third-order valence-corrected chi connectivity index (χ3v) is 5.64. The van der Waals surface area contributed by atoms with Crippen molar-refractivity contribution in [2.24, 2.45) is 4.99 Å². The van der Waals surface area contributed by atoms with E-state index in [2.05, 4.69) is 50.7 Å². The van der Waals surface area contributed by atoms with Crippen LogP contribution in [0.25, 0.3) is 0 Å². The fourth-order valence-electron chi connectivity index (χ4n) is 3.59. The van der Waals surface area contributed by atoms with Gasteiger partial charge >= 0.3 is 6.09 Å². The van der Waals surface area contributed by atoms with Crippen LogP contribution in [0.1, 0.15) is 65.9 Å². The zero-order valence-electron chi connectivity index (χ0n) is 20.0. The molecule has 1 aromatic heterocycles. The lowest BCUT2D eigenvalue weighted by Crippen LogP contribution is -2.57. The van der Waals surface area contributed by atoms with Gasteiger partial charge in [-0.1, -0.05) is 13.8 Å². The number of guanidine groups is 1. The first-order valence-corrected chi connectivity index (χ1v) is 11.4. The van der Waals surface area contributed by atoms with Crippen molar-refractivity contribution in [3.05, 3.63) is 23.9 Å². The van der Waals surface area contributed by atoms with Gasteiger partial charge in [0.05, 0.1) is 5.54 Å². The molecule has 1 fully saturated rings. The highest BCUT2D eigenvalue weighted by Crippen LogP contribution is 2.19. The molecule has 0 bridgehead atoms. The van der Waals surface area contributed by atoms with Crippen LogP contribution in [0.5, 0.6) is 0 Å². The Balaban J connectivity index is 1.92. The van der Waals surface area contributed by atoms with E-state index in [-0.39, 0.29) is 0 Å². The fourth-order valence-corrected chi connectivity index (χ4v) is 3.59. The number of amides is 1. The number of anilines is 1. The molecule has 8 heteroatoms. The van der Waals surface area contributed by atoms with E-state index in [1.165, 1.54) is 12.8 Å². The van der Waals surface area contributed by atoms with Crippen molar-refractivity contribution in [2.45, 2.75) is 78.0 Å². The predicted octanol–water partition coefficient (Wildman–Crippen LogP) is 3.43. The molecule has 1 aliphatic rings. The van der Waals surface area contributed by atoms with Crippen molar-refractivity contribution in [2.75, 3.05) is 31.6 Å². The van der Waals surface area contributed by atoms with E-state index in [9.17, 15) is 4.79 Å². The Bertz CT molecular complexity index is 734. The van der Waals surface area contributed by atoms with Crippen LogP contribution in [-0.4, -0.2) is 54.9 Å². The van der Waals surface area contributed by atoms with Crippen LogP contribution in [0, 0.1) is 0 Å². The summed E-state index contributed by atoms with van der Waals surface area (Å²) in [4.78, 5) is 23.5. The number of carbonyl (C=O) groups is 1. The summed E-state index contributed by atoms with van der Waals surface area (Å²) in [7, 11) is 1.75. The van der Waals surface area contributed by atoms with E-state index in [1.54, 1.807) is 7.05 Å². The number of hydrogen-bond donors (Lipinski definition) is 3. The summed E-state index contributed by atoms with van der Waals surface area (Å²) >= 11 is 0. The maximum atomic E-state index is 12.3.